The minimum absolute atomic E-state index is 0.00892. The maximum absolute atomic E-state index is 15.0. The standard InChI is InChI=1S/C22H23F2N5O5/c1-14(30)26-12-17-13-28(22(32)34-17)16-10-18(23)20(19(24)11-16)27-6-7-29(33-9-8-27)21(31)15-2-4-25-5-3-15/h2-5,10-11,17H,6-9,12-13H2,1H3,(H,26,30)/t17-/m0/s1. The minimum atomic E-state index is -0.859. The Kier molecular flexibility index (Phi) is 6.87. The number of benzene rings is 1. The van der Waals surface area contributed by atoms with Crippen molar-refractivity contribution >= 4 is 29.3 Å². The number of hydroxylamine groups is 2. The highest BCUT2D eigenvalue weighted by Crippen LogP contribution is 2.31. The molecule has 0 spiro atoms. The third kappa shape index (κ3) is 5.06. The average Bonchev–Trinajstić information content (AvgIpc) is 3.02. The molecule has 3 heterocycles. The number of anilines is 2. The van der Waals surface area contributed by atoms with Gasteiger partial charge in [-0.25, -0.2) is 18.6 Å². The number of ether oxygens (including phenoxy) is 1. The van der Waals surface area contributed by atoms with E-state index in [0.717, 1.165) is 22.1 Å². The van der Waals surface area contributed by atoms with Gasteiger partial charge in [-0.15, -0.1) is 0 Å². The van der Waals surface area contributed by atoms with Crippen LogP contribution in [0.25, 0.3) is 0 Å². The summed E-state index contributed by atoms with van der Waals surface area (Å²) in [6.07, 6.45) is 1.59. The molecule has 10 nitrogen and oxygen atoms in total. The molecule has 180 valence electrons. The van der Waals surface area contributed by atoms with Gasteiger partial charge < -0.3 is 15.0 Å². The summed E-state index contributed by atoms with van der Waals surface area (Å²) in [7, 11) is 0. The second kappa shape index (κ2) is 10.00. The average molecular weight is 475 g/mol. The molecule has 1 aromatic carbocycles. The van der Waals surface area contributed by atoms with E-state index >= 15 is 8.78 Å². The first-order valence-corrected chi connectivity index (χ1v) is 10.6. The number of carbonyl (C=O) groups is 3. The van der Waals surface area contributed by atoms with E-state index in [2.05, 4.69) is 10.3 Å². The summed E-state index contributed by atoms with van der Waals surface area (Å²) in [5.41, 5.74) is 0.127. The van der Waals surface area contributed by atoms with E-state index < -0.39 is 23.8 Å². The summed E-state index contributed by atoms with van der Waals surface area (Å²) < 4.78 is 35.2. The van der Waals surface area contributed by atoms with Crippen LogP contribution in [0.5, 0.6) is 0 Å². The number of amides is 3. The molecular formula is C22H23F2N5O5. The molecule has 0 saturated carbocycles. The van der Waals surface area contributed by atoms with Crippen molar-refractivity contribution in [2.45, 2.75) is 13.0 Å². The zero-order chi connectivity index (χ0) is 24.2. The molecule has 2 aliphatic rings. The Labute approximate surface area is 194 Å². The molecule has 0 radical (unpaired) electrons. The number of hydrogen-bond donors (Lipinski definition) is 1. The highest BCUT2D eigenvalue weighted by Gasteiger charge is 2.34. The molecule has 2 aliphatic heterocycles. The molecule has 1 N–H and O–H groups in total. The second-order valence-corrected chi connectivity index (χ2v) is 7.77. The van der Waals surface area contributed by atoms with Crippen LogP contribution in [0.15, 0.2) is 36.7 Å². The summed E-state index contributed by atoms with van der Waals surface area (Å²) in [6.45, 7) is 1.89. The maximum Gasteiger partial charge on any atom is 0.414 e. The molecule has 34 heavy (non-hydrogen) atoms. The first-order valence-electron chi connectivity index (χ1n) is 10.6. The van der Waals surface area contributed by atoms with Crippen molar-refractivity contribution < 1.29 is 32.7 Å². The van der Waals surface area contributed by atoms with Gasteiger partial charge in [-0.3, -0.25) is 24.3 Å². The lowest BCUT2D eigenvalue weighted by Crippen LogP contribution is -2.35. The van der Waals surface area contributed by atoms with E-state index in [4.69, 9.17) is 9.57 Å². The molecule has 0 unspecified atom stereocenters. The normalized spacial score (nSPS) is 18.5. The van der Waals surface area contributed by atoms with E-state index in [9.17, 15) is 14.4 Å². The van der Waals surface area contributed by atoms with Crippen molar-refractivity contribution in [1.82, 2.24) is 15.4 Å². The lowest BCUT2D eigenvalue weighted by Gasteiger charge is -2.24. The maximum atomic E-state index is 15.0. The fourth-order valence-corrected chi connectivity index (χ4v) is 3.78. The van der Waals surface area contributed by atoms with Crippen molar-refractivity contribution in [1.29, 1.82) is 0 Å². The van der Waals surface area contributed by atoms with Gasteiger partial charge in [0.15, 0.2) is 11.6 Å². The Morgan fingerprint density at radius 2 is 1.85 bits per heavy atom. The summed E-state index contributed by atoms with van der Waals surface area (Å²) in [4.78, 5) is 47.8. The molecular weight excluding hydrogens is 452 g/mol. The van der Waals surface area contributed by atoms with Gasteiger partial charge in [0.2, 0.25) is 5.91 Å². The molecule has 2 aromatic rings. The minimum Gasteiger partial charge on any atom is -0.442 e. The zero-order valence-corrected chi connectivity index (χ0v) is 18.4. The number of pyridine rings is 1. The van der Waals surface area contributed by atoms with E-state index in [-0.39, 0.29) is 62.5 Å². The van der Waals surface area contributed by atoms with Crippen LogP contribution in [0.3, 0.4) is 0 Å². The SMILES string of the molecule is CC(=O)NC[C@H]1CN(c2cc(F)c(N3CCON(C(=O)c4ccncc4)CC3)c(F)c2)C(=O)O1. The molecule has 2 fully saturated rings. The van der Waals surface area contributed by atoms with Crippen LogP contribution in [0.1, 0.15) is 17.3 Å². The van der Waals surface area contributed by atoms with Crippen LogP contribution in [-0.4, -0.2) is 73.4 Å². The second-order valence-electron chi connectivity index (χ2n) is 7.77. The third-order valence-electron chi connectivity index (χ3n) is 5.42. The number of aromatic nitrogens is 1. The van der Waals surface area contributed by atoms with Gasteiger partial charge in [0, 0.05) is 50.1 Å². The van der Waals surface area contributed by atoms with Crippen LogP contribution < -0.4 is 15.1 Å². The number of nitrogens with one attached hydrogen (secondary N) is 1. The van der Waals surface area contributed by atoms with Gasteiger partial charge in [-0.2, -0.15) is 0 Å². The Morgan fingerprint density at radius 3 is 2.53 bits per heavy atom. The van der Waals surface area contributed by atoms with Gasteiger partial charge in [-0.1, -0.05) is 0 Å². The molecule has 4 rings (SSSR count). The molecule has 12 heteroatoms. The lowest BCUT2D eigenvalue weighted by molar-refractivity contribution is -0.119. The molecule has 0 aliphatic carbocycles. The van der Waals surface area contributed by atoms with E-state index in [1.165, 1.54) is 24.2 Å². The van der Waals surface area contributed by atoms with Crippen molar-refractivity contribution in [3.63, 3.8) is 0 Å². The predicted molar refractivity (Wildman–Crippen MR) is 116 cm³/mol. The number of hydrogen-bond acceptors (Lipinski definition) is 7. The van der Waals surface area contributed by atoms with Gasteiger partial charge in [0.25, 0.3) is 5.91 Å². The molecule has 1 aromatic heterocycles. The monoisotopic (exact) mass is 475 g/mol. The lowest BCUT2D eigenvalue weighted by atomic mass is 10.2. The highest BCUT2D eigenvalue weighted by atomic mass is 19.1. The van der Waals surface area contributed by atoms with Gasteiger partial charge in [0.1, 0.15) is 11.8 Å². The van der Waals surface area contributed by atoms with Crippen molar-refractivity contribution in [3.8, 4) is 0 Å². The van der Waals surface area contributed by atoms with Crippen LogP contribution in [-0.2, 0) is 14.4 Å². The fraction of sp³-hybridized carbons (Fsp3) is 0.364. The summed E-state index contributed by atoms with van der Waals surface area (Å²) in [6, 6.07) is 5.23. The predicted octanol–water partition coefficient (Wildman–Crippen LogP) is 1.72. The first kappa shape index (κ1) is 23.4. The zero-order valence-electron chi connectivity index (χ0n) is 18.4. The topological polar surface area (TPSA) is 104 Å². The number of nitrogens with zero attached hydrogens (tertiary/aromatic N) is 4. The van der Waals surface area contributed by atoms with E-state index in [1.54, 1.807) is 12.1 Å². The van der Waals surface area contributed by atoms with Crippen molar-refractivity contribution in [3.05, 3.63) is 53.9 Å². The quantitative estimate of drug-likeness (QED) is 0.702. The van der Waals surface area contributed by atoms with Gasteiger partial charge in [-0.05, 0) is 12.1 Å². The number of rotatable bonds is 5. The highest BCUT2D eigenvalue weighted by molar-refractivity contribution is 5.93. The van der Waals surface area contributed by atoms with E-state index in [0.29, 0.717) is 5.56 Å². The Hall–Kier alpha value is -3.80. The van der Waals surface area contributed by atoms with Crippen LogP contribution >= 0.6 is 0 Å². The summed E-state index contributed by atoms with van der Waals surface area (Å²) >= 11 is 0. The summed E-state index contributed by atoms with van der Waals surface area (Å²) in [5, 5.41) is 3.70. The molecule has 3 amide bonds. The fourth-order valence-electron chi connectivity index (χ4n) is 3.78. The van der Waals surface area contributed by atoms with Crippen LogP contribution in [0.4, 0.5) is 25.0 Å². The Balaban J connectivity index is 1.45. The first-order chi connectivity index (χ1) is 16.3. The molecule has 2 saturated heterocycles. The van der Waals surface area contributed by atoms with Crippen molar-refractivity contribution in [2.75, 3.05) is 49.1 Å². The number of cyclic esters (lactones) is 1. The Bertz CT molecular complexity index is 1060. The molecule has 0 bridgehead atoms. The largest absolute Gasteiger partial charge is 0.442 e. The number of halogens is 2. The molecule has 1 atom stereocenters. The Morgan fingerprint density at radius 1 is 1.15 bits per heavy atom. The van der Waals surface area contributed by atoms with Crippen molar-refractivity contribution in [2.24, 2.45) is 0 Å². The third-order valence-corrected chi connectivity index (χ3v) is 5.42. The summed E-state index contributed by atoms with van der Waals surface area (Å²) in [5.74, 6) is -2.37. The van der Waals surface area contributed by atoms with Gasteiger partial charge in [0.05, 0.1) is 31.9 Å². The van der Waals surface area contributed by atoms with Gasteiger partial charge >= 0.3 is 6.09 Å². The van der Waals surface area contributed by atoms with Crippen LogP contribution in [0, 0.1) is 11.6 Å². The van der Waals surface area contributed by atoms with Crippen LogP contribution in [0.2, 0.25) is 0 Å². The number of carbonyl (C=O) groups excluding carboxylic acids is 3. The van der Waals surface area contributed by atoms with E-state index in [1.807, 2.05) is 0 Å². The smallest absolute Gasteiger partial charge is 0.414 e.